The number of halogens is 1. The minimum Gasteiger partial charge on any atom is -0.473 e. The van der Waals surface area contributed by atoms with Crippen LogP contribution in [0.3, 0.4) is 0 Å². The van der Waals surface area contributed by atoms with Gasteiger partial charge in [-0.2, -0.15) is 0 Å². The van der Waals surface area contributed by atoms with Crippen molar-refractivity contribution in [2.24, 2.45) is 5.73 Å². The fourth-order valence-corrected chi connectivity index (χ4v) is 2.49. The van der Waals surface area contributed by atoms with Gasteiger partial charge in [0.2, 0.25) is 5.88 Å². The molecule has 0 saturated carbocycles. The van der Waals surface area contributed by atoms with Gasteiger partial charge in [-0.3, -0.25) is 0 Å². The summed E-state index contributed by atoms with van der Waals surface area (Å²) in [5.41, 5.74) is 11.5. The first-order chi connectivity index (χ1) is 11.3. The lowest BCUT2D eigenvalue weighted by Gasteiger charge is -2.10. The van der Waals surface area contributed by atoms with Crippen LogP contribution in [0.4, 0.5) is 0 Å². The van der Waals surface area contributed by atoms with E-state index in [0.29, 0.717) is 19.0 Å². The van der Waals surface area contributed by atoms with E-state index in [0.717, 1.165) is 22.3 Å². The Labute approximate surface area is 148 Å². The maximum Gasteiger partial charge on any atom is 0.213 e. The van der Waals surface area contributed by atoms with Gasteiger partial charge in [0.25, 0.3) is 0 Å². The molecule has 0 aliphatic heterocycles. The molecule has 1 aromatic heterocycles. The van der Waals surface area contributed by atoms with Gasteiger partial charge in [0, 0.05) is 24.4 Å². The molecule has 1 heterocycles. The molecular weight excluding hydrogens is 320 g/mol. The van der Waals surface area contributed by atoms with Crippen LogP contribution in [-0.2, 0) is 13.2 Å². The maximum absolute atomic E-state index is 5.83. The summed E-state index contributed by atoms with van der Waals surface area (Å²) in [6.07, 6.45) is 1.84. The smallest absolute Gasteiger partial charge is 0.213 e. The first-order valence-corrected chi connectivity index (χ1v) is 7.69. The van der Waals surface area contributed by atoms with Crippen LogP contribution < -0.4 is 10.5 Å². The van der Waals surface area contributed by atoms with Crippen LogP contribution in [0.25, 0.3) is 11.1 Å². The molecule has 0 unspecified atom stereocenters. The van der Waals surface area contributed by atoms with Crippen LogP contribution in [0.15, 0.2) is 66.9 Å². The molecule has 0 bridgehead atoms. The van der Waals surface area contributed by atoms with Gasteiger partial charge in [-0.25, -0.2) is 4.98 Å². The van der Waals surface area contributed by atoms with Gasteiger partial charge < -0.3 is 10.5 Å². The number of nitrogens with two attached hydrogens (primary N) is 1. The van der Waals surface area contributed by atoms with Crippen molar-refractivity contribution in [1.29, 1.82) is 0 Å². The van der Waals surface area contributed by atoms with E-state index in [-0.39, 0.29) is 12.4 Å². The Kier molecular flexibility index (Phi) is 6.36. The summed E-state index contributed by atoms with van der Waals surface area (Å²) >= 11 is 0. The second-order valence-electron chi connectivity index (χ2n) is 5.52. The summed E-state index contributed by atoms with van der Waals surface area (Å²) < 4.78 is 5.73. The molecule has 0 radical (unpaired) electrons. The van der Waals surface area contributed by atoms with Crippen molar-refractivity contribution >= 4 is 12.4 Å². The summed E-state index contributed by atoms with van der Waals surface area (Å²) in [7, 11) is 0. The highest BCUT2D eigenvalue weighted by atomic mass is 35.5. The molecule has 0 atom stereocenters. The van der Waals surface area contributed by atoms with E-state index in [9.17, 15) is 0 Å². The second kappa shape index (κ2) is 8.48. The number of ether oxygens (including phenoxy) is 1. The molecule has 24 heavy (non-hydrogen) atoms. The van der Waals surface area contributed by atoms with Gasteiger partial charge >= 0.3 is 0 Å². The minimum absolute atomic E-state index is 0. The van der Waals surface area contributed by atoms with E-state index in [4.69, 9.17) is 10.5 Å². The van der Waals surface area contributed by atoms with Crippen LogP contribution in [0, 0.1) is 6.92 Å². The van der Waals surface area contributed by atoms with Crippen molar-refractivity contribution in [3.05, 3.63) is 83.6 Å². The van der Waals surface area contributed by atoms with E-state index in [1.54, 1.807) is 0 Å². The highest BCUT2D eigenvalue weighted by Gasteiger charge is 2.06. The normalized spacial score (nSPS) is 10.1. The van der Waals surface area contributed by atoms with E-state index in [1.807, 2.05) is 48.7 Å². The van der Waals surface area contributed by atoms with Crippen LogP contribution in [0.5, 0.6) is 5.88 Å². The number of aromatic nitrogens is 1. The van der Waals surface area contributed by atoms with Crippen LogP contribution in [0.1, 0.15) is 16.7 Å². The summed E-state index contributed by atoms with van der Waals surface area (Å²) in [5.74, 6) is 0.625. The Hall–Kier alpha value is -2.36. The largest absolute Gasteiger partial charge is 0.473 e. The zero-order chi connectivity index (χ0) is 16.1. The molecule has 0 spiro atoms. The van der Waals surface area contributed by atoms with Gasteiger partial charge in [-0.15, -0.1) is 12.4 Å². The fraction of sp³-hybridized carbons (Fsp3) is 0.150. The standard InChI is InChI=1S/C20H20N2O.ClH/c1-15-7-8-17(12-21)19(11-15)18-9-10-20(22-13-18)23-14-16-5-3-2-4-6-16;/h2-11,13H,12,14,21H2,1H3;1H. The average Bonchev–Trinajstić information content (AvgIpc) is 2.61. The van der Waals surface area contributed by atoms with Crippen molar-refractivity contribution in [3.63, 3.8) is 0 Å². The highest BCUT2D eigenvalue weighted by molar-refractivity contribution is 5.85. The number of hydrogen-bond acceptors (Lipinski definition) is 3. The number of pyridine rings is 1. The molecule has 2 N–H and O–H groups in total. The minimum atomic E-state index is 0. The molecule has 3 aromatic rings. The number of aryl methyl sites for hydroxylation is 1. The third-order valence-electron chi connectivity index (χ3n) is 3.76. The van der Waals surface area contributed by atoms with Crippen molar-refractivity contribution < 1.29 is 4.74 Å². The lowest BCUT2D eigenvalue weighted by Crippen LogP contribution is -2.00. The van der Waals surface area contributed by atoms with E-state index >= 15 is 0 Å². The van der Waals surface area contributed by atoms with Gasteiger partial charge in [-0.1, -0.05) is 54.1 Å². The second-order valence-corrected chi connectivity index (χ2v) is 5.52. The van der Waals surface area contributed by atoms with Crippen LogP contribution in [0.2, 0.25) is 0 Å². The third-order valence-corrected chi connectivity index (χ3v) is 3.76. The number of benzene rings is 2. The highest BCUT2D eigenvalue weighted by Crippen LogP contribution is 2.25. The monoisotopic (exact) mass is 340 g/mol. The zero-order valence-corrected chi connectivity index (χ0v) is 14.4. The van der Waals surface area contributed by atoms with Gasteiger partial charge in [0.15, 0.2) is 0 Å². The molecule has 124 valence electrons. The summed E-state index contributed by atoms with van der Waals surface area (Å²) in [6, 6.07) is 20.3. The van der Waals surface area contributed by atoms with Gasteiger partial charge in [0.05, 0.1) is 0 Å². The quantitative estimate of drug-likeness (QED) is 0.743. The van der Waals surface area contributed by atoms with Crippen molar-refractivity contribution in [2.75, 3.05) is 0 Å². The zero-order valence-electron chi connectivity index (χ0n) is 13.6. The molecule has 2 aromatic carbocycles. The average molecular weight is 341 g/mol. The maximum atomic E-state index is 5.83. The number of rotatable bonds is 5. The first kappa shape index (κ1) is 18.0. The molecule has 0 aliphatic rings. The van der Waals surface area contributed by atoms with E-state index < -0.39 is 0 Å². The molecule has 4 heteroatoms. The Morgan fingerprint density at radius 1 is 1.00 bits per heavy atom. The lowest BCUT2D eigenvalue weighted by atomic mass is 9.99. The van der Waals surface area contributed by atoms with Crippen molar-refractivity contribution in [1.82, 2.24) is 4.98 Å². The van der Waals surface area contributed by atoms with Gasteiger partial charge in [-0.05, 0) is 29.7 Å². The summed E-state index contributed by atoms with van der Waals surface area (Å²) in [5, 5.41) is 0. The molecule has 0 aliphatic carbocycles. The molecule has 0 saturated heterocycles. The van der Waals surface area contributed by atoms with E-state index in [2.05, 4.69) is 30.1 Å². The van der Waals surface area contributed by atoms with Gasteiger partial charge in [0.1, 0.15) is 6.61 Å². The fourth-order valence-electron chi connectivity index (χ4n) is 2.49. The predicted molar refractivity (Wildman–Crippen MR) is 100 cm³/mol. The van der Waals surface area contributed by atoms with Crippen LogP contribution >= 0.6 is 12.4 Å². The SMILES string of the molecule is Cc1ccc(CN)c(-c2ccc(OCc3ccccc3)nc2)c1.Cl. The molecule has 3 rings (SSSR count). The Balaban J connectivity index is 0.00000208. The molecular formula is C20H21ClN2O. The van der Waals surface area contributed by atoms with Crippen LogP contribution in [-0.4, -0.2) is 4.98 Å². The summed E-state index contributed by atoms with van der Waals surface area (Å²) in [4.78, 5) is 4.41. The Morgan fingerprint density at radius 2 is 1.79 bits per heavy atom. The number of hydrogen-bond donors (Lipinski definition) is 1. The Bertz CT molecular complexity index is 773. The molecule has 0 fully saturated rings. The third kappa shape index (κ3) is 4.34. The lowest BCUT2D eigenvalue weighted by molar-refractivity contribution is 0.294. The first-order valence-electron chi connectivity index (χ1n) is 7.69. The topological polar surface area (TPSA) is 48.1 Å². The Morgan fingerprint density at radius 3 is 2.46 bits per heavy atom. The van der Waals surface area contributed by atoms with Crippen molar-refractivity contribution in [2.45, 2.75) is 20.1 Å². The van der Waals surface area contributed by atoms with E-state index in [1.165, 1.54) is 5.56 Å². The number of nitrogens with zero attached hydrogens (tertiary/aromatic N) is 1. The molecule has 0 amide bonds. The van der Waals surface area contributed by atoms with Crippen molar-refractivity contribution in [3.8, 4) is 17.0 Å². The predicted octanol–water partition coefficient (Wildman–Crippen LogP) is 4.52. The molecule has 3 nitrogen and oxygen atoms in total. The summed E-state index contributed by atoms with van der Waals surface area (Å²) in [6.45, 7) is 3.11.